The van der Waals surface area contributed by atoms with E-state index in [2.05, 4.69) is 5.32 Å². The van der Waals surface area contributed by atoms with Crippen molar-refractivity contribution in [2.45, 2.75) is 32.2 Å². The summed E-state index contributed by atoms with van der Waals surface area (Å²) in [5.74, 6) is -2.24. The number of carbonyl (C=O) groups is 4. The third-order valence-electron chi connectivity index (χ3n) is 4.88. The van der Waals surface area contributed by atoms with E-state index in [4.69, 9.17) is 5.11 Å². The van der Waals surface area contributed by atoms with Gasteiger partial charge in [-0.3, -0.25) is 19.2 Å². The molecule has 2 N–H and O–H groups in total. The van der Waals surface area contributed by atoms with Crippen molar-refractivity contribution in [3.8, 4) is 0 Å². The molecule has 0 spiro atoms. The van der Waals surface area contributed by atoms with Gasteiger partial charge in [-0.05, 0) is 18.4 Å². The van der Waals surface area contributed by atoms with Gasteiger partial charge in [0.2, 0.25) is 17.7 Å². The first-order valence-electron chi connectivity index (χ1n) is 9.34. The van der Waals surface area contributed by atoms with E-state index in [0.717, 1.165) is 5.56 Å². The van der Waals surface area contributed by atoms with E-state index in [1.54, 1.807) is 0 Å². The average molecular weight is 389 g/mol. The number of likely N-dealkylation sites (N-methyl/N-ethyl adjacent to an activating group) is 1. The van der Waals surface area contributed by atoms with Gasteiger partial charge in [-0.1, -0.05) is 30.3 Å². The average Bonchev–Trinajstić information content (AvgIpc) is 2.67. The molecule has 2 unspecified atom stereocenters. The summed E-state index contributed by atoms with van der Waals surface area (Å²) in [6, 6.07) is 8.70. The molecule has 0 bridgehead atoms. The minimum atomic E-state index is -0.900. The van der Waals surface area contributed by atoms with Crippen molar-refractivity contribution < 1.29 is 24.3 Å². The number of hydrogen-bond acceptors (Lipinski definition) is 4. The molecule has 1 aliphatic heterocycles. The minimum Gasteiger partial charge on any atom is -0.481 e. The molecule has 1 aromatic carbocycles. The summed E-state index contributed by atoms with van der Waals surface area (Å²) in [5.41, 5.74) is 0.811. The van der Waals surface area contributed by atoms with Gasteiger partial charge < -0.3 is 20.2 Å². The molecule has 1 aromatic rings. The Morgan fingerprint density at radius 1 is 1.25 bits per heavy atom. The number of hydrogen-bond donors (Lipinski definition) is 2. The monoisotopic (exact) mass is 389 g/mol. The van der Waals surface area contributed by atoms with E-state index in [1.165, 1.54) is 23.8 Å². The minimum absolute atomic E-state index is 0.0329. The lowest BCUT2D eigenvalue weighted by Gasteiger charge is -2.32. The number of nitrogens with one attached hydrogen (secondary N) is 1. The number of benzene rings is 1. The third-order valence-corrected chi connectivity index (χ3v) is 4.88. The van der Waals surface area contributed by atoms with Crippen LogP contribution in [-0.2, 0) is 19.2 Å². The molecule has 1 saturated heterocycles. The van der Waals surface area contributed by atoms with E-state index in [-0.39, 0.29) is 37.2 Å². The quantitative estimate of drug-likeness (QED) is 0.724. The molecule has 2 atom stereocenters. The van der Waals surface area contributed by atoms with Gasteiger partial charge >= 0.3 is 5.97 Å². The fraction of sp³-hybridized carbons (Fsp3) is 0.500. The first kappa shape index (κ1) is 21.4. The van der Waals surface area contributed by atoms with Crippen molar-refractivity contribution in [3.05, 3.63) is 35.9 Å². The van der Waals surface area contributed by atoms with Crippen molar-refractivity contribution in [2.24, 2.45) is 5.92 Å². The molecule has 0 aliphatic carbocycles. The Kier molecular flexibility index (Phi) is 7.54. The first-order chi connectivity index (χ1) is 13.3. The normalized spacial score (nSPS) is 17.5. The molecule has 1 fully saturated rings. The Labute approximate surface area is 164 Å². The zero-order chi connectivity index (χ0) is 20.7. The van der Waals surface area contributed by atoms with Gasteiger partial charge in [-0.2, -0.15) is 0 Å². The maximum absolute atomic E-state index is 12.6. The first-order valence-corrected chi connectivity index (χ1v) is 9.34. The number of piperidine rings is 1. The lowest BCUT2D eigenvalue weighted by atomic mass is 9.98. The predicted molar refractivity (Wildman–Crippen MR) is 102 cm³/mol. The highest BCUT2D eigenvalue weighted by Gasteiger charge is 2.29. The van der Waals surface area contributed by atoms with E-state index < -0.39 is 17.9 Å². The second kappa shape index (κ2) is 9.87. The van der Waals surface area contributed by atoms with Crippen LogP contribution in [0.5, 0.6) is 0 Å². The smallest absolute Gasteiger partial charge is 0.308 e. The maximum atomic E-state index is 12.6. The van der Waals surface area contributed by atoms with Crippen LogP contribution in [-0.4, -0.2) is 65.3 Å². The van der Waals surface area contributed by atoms with Crippen LogP contribution < -0.4 is 5.32 Å². The maximum Gasteiger partial charge on any atom is 0.308 e. The lowest BCUT2D eigenvalue weighted by molar-refractivity contribution is -0.147. The molecule has 3 amide bonds. The van der Waals surface area contributed by atoms with Crippen LogP contribution in [0.4, 0.5) is 0 Å². The Bertz CT molecular complexity index is 722. The Morgan fingerprint density at radius 3 is 2.54 bits per heavy atom. The SMILES string of the molecule is CC(=O)NC(CC(=O)N(C)CC(=O)N1CCCC(C(=O)O)C1)c1ccccc1. The van der Waals surface area contributed by atoms with E-state index >= 15 is 0 Å². The van der Waals surface area contributed by atoms with Crippen LogP contribution in [0.25, 0.3) is 0 Å². The standard InChI is InChI=1S/C20H27N3O5/c1-14(24)21-17(15-7-4-3-5-8-15)11-18(25)22(2)13-19(26)23-10-6-9-16(12-23)20(27)28/h3-5,7-8,16-17H,6,9-13H2,1-2H3,(H,21,24)(H,27,28). The van der Waals surface area contributed by atoms with Gasteiger partial charge in [0.1, 0.15) is 0 Å². The Morgan fingerprint density at radius 2 is 1.93 bits per heavy atom. The topological polar surface area (TPSA) is 107 Å². The van der Waals surface area contributed by atoms with Crippen LogP contribution >= 0.6 is 0 Å². The number of carboxylic acid groups (broad SMARTS) is 1. The number of amides is 3. The molecule has 8 nitrogen and oxygen atoms in total. The fourth-order valence-electron chi connectivity index (χ4n) is 3.31. The molecule has 28 heavy (non-hydrogen) atoms. The predicted octanol–water partition coefficient (Wildman–Crippen LogP) is 1.04. The molecule has 0 aromatic heterocycles. The largest absolute Gasteiger partial charge is 0.481 e. The summed E-state index contributed by atoms with van der Waals surface area (Å²) in [7, 11) is 1.54. The highest BCUT2D eigenvalue weighted by Crippen LogP contribution is 2.19. The lowest BCUT2D eigenvalue weighted by Crippen LogP contribution is -2.47. The van der Waals surface area contributed by atoms with Gasteiger partial charge in [0, 0.05) is 27.1 Å². The molecule has 152 valence electrons. The van der Waals surface area contributed by atoms with Crippen LogP contribution in [0.3, 0.4) is 0 Å². The molecule has 8 heteroatoms. The van der Waals surface area contributed by atoms with Crippen molar-refractivity contribution in [3.63, 3.8) is 0 Å². The number of aliphatic carboxylic acids is 1. The number of likely N-dealkylation sites (tertiary alicyclic amines) is 1. The van der Waals surface area contributed by atoms with Gasteiger partial charge in [0.25, 0.3) is 0 Å². The molecule has 2 rings (SSSR count). The van der Waals surface area contributed by atoms with Crippen LogP contribution in [0.15, 0.2) is 30.3 Å². The Hall–Kier alpha value is -2.90. The second-order valence-electron chi connectivity index (χ2n) is 7.13. The number of nitrogens with zero attached hydrogens (tertiary/aromatic N) is 2. The molecule has 1 heterocycles. The van der Waals surface area contributed by atoms with E-state index in [0.29, 0.717) is 19.4 Å². The van der Waals surface area contributed by atoms with Gasteiger partial charge in [0.05, 0.1) is 24.9 Å². The van der Waals surface area contributed by atoms with Crippen molar-refractivity contribution in [1.82, 2.24) is 15.1 Å². The summed E-state index contributed by atoms with van der Waals surface area (Å²) < 4.78 is 0. The molecular weight excluding hydrogens is 362 g/mol. The van der Waals surface area contributed by atoms with Crippen LogP contribution in [0.2, 0.25) is 0 Å². The van der Waals surface area contributed by atoms with Crippen molar-refractivity contribution in [1.29, 1.82) is 0 Å². The third kappa shape index (κ3) is 6.07. The molecule has 0 saturated carbocycles. The zero-order valence-electron chi connectivity index (χ0n) is 16.3. The second-order valence-corrected chi connectivity index (χ2v) is 7.13. The summed E-state index contributed by atoms with van der Waals surface area (Å²) in [6.07, 6.45) is 1.23. The van der Waals surface area contributed by atoms with Gasteiger partial charge in [-0.25, -0.2) is 0 Å². The van der Waals surface area contributed by atoms with Gasteiger partial charge in [-0.15, -0.1) is 0 Å². The molecule has 0 radical (unpaired) electrons. The van der Waals surface area contributed by atoms with Gasteiger partial charge in [0.15, 0.2) is 0 Å². The molecular formula is C20H27N3O5. The number of carbonyl (C=O) groups excluding carboxylic acids is 3. The van der Waals surface area contributed by atoms with Crippen molar-refractivity contribution >= 4 is 23.7 Å². The zero-order valence-corrected chi connectivity index (χ0v) is 16.3. The summed E-state index contributed by atoms with van der Waals surface area (Å²) in [5, 5.41) is 11.9. The Balaban J connectivity index is 1.95. The highest BCUT2D eigenvalue weighted by atomic mass is 16.4. The molecule has 1 aliphatic rings. The number of carboxylic acids is 1. The summed E-state index contributed by atoms with van der Waals surface area (Å²) in [4.78, 5) is 50.6. The highest BCUT2D eigenvalue weighted by molar-refractivity contribution is 5.86. The number of rotatable bonds is 7. The summed E-state index contributed by atoms with van der Waals surface area (Å²) >= 11 is 0. The summed E-state index contributed by atoms with van der Waals surface area (Å²) in [6.45, 7) is 1.95. The van der Waals surface area contributed by atoms with E-state index in [9.17, 15) is 19.2 Å². The van der Waals surface area contributed by atoms with E-state index in [1.807, 2.05) is 30.3 Å². The fourth-order valence-corrected chi connectivity index (χ4v) is 3.31. The van der Waals surface area contributed by atoms with Crippen LogP contribution in [0.1, 0.15) is 37.8 Å². The van der Waals surface area contributed by atoms with Crippen LogP contribution in [0, 0.1) is 5.92 Å². The van der Waals surface area contributed by atoms with Crippen molar-refractivity contribution in [2.75, 3.05) is 26.7 Å².